The Labute approximate surface area is 116 Å². The molecular weight excluding hydrogens is 236 g/mol. The molecule has 1 aliphatic heterocycles. The van der Waals surface area contributed by atoms with E-state index in [4.69, 9.17) is 0 Å². The number of amides is 1. The fourth-order valence-corrected chi connectivity index (χ4v) is 2.95. The highest BCUT2D eigenvalue weighted by Gasteiger charge is 2.21. The minimum atomic E-state index is 0.196. The summed E-state index contributed by atoms with van der Waals surface area (Å²) in [6, 6.07) is 4.93. The van der Waals surface area contributed by atoms with Crippen molar-refractivity contribution in [2.45, 2.75) is 46.6 Å². The number of piperidine rings is 1. The number of hydrogen-bond donors (Lipinski definition) is 1. The Hall–Kier alpha value is -1.51. The van der Waals surface area contributed by atoms with Crippen LogP contribution in [0.5, 0.6) is 0 Å². The summed E-state index contributed by atoms with van der Waals surface area (Å²) in [5, 5.41) is 3.67. The Balaban J connectivity index is 2.02. The van der Waals surface area contributed by atoms with Crippen molar-refractivity contribution in [2.24, 2.45) is 0 Å². The maximum Gasteiger partial charge on any atom is 0.219 e. The van der Waals surface area contributed by atoms with Crippen molar-refractivity contribution in [3.8, 4) is 0 Å². The second-order valence-corrected chi connectivity index (χ2v) is 5.70. The number of nitrogens with one attached hydrogen (secondary N) is 1. The van der Waals surface area contributed by atoms with Gasteiger partial charge in [0.25, 0.3) is 0 Å². The monoisotopic (exact) mass is 260 g/mol. The first-order chi connectivity index (χ1) is 8.97. The lowest BCUT2D eigenvalue weighted by atomic mass is 10.0. The molecule has 1 aromatic carbocycles. The van der Waals surface area contributed by atoms with Gasteiger partial charge >= 0.3 is 0 Å². The predicted octanol–water partition coefficient (Wildman–Crippen LogP) is 3.03. The molecule has 2 rings (SSSR count). The lowest BCUT2D eigenvalue weighted by Crippen LogP contribution is -2.41. The SMILES string of the molecule is CC(=O)N1CCC(Nc2c(C)cc(C)cc2C)CC1. The second kappa shape index (κ2) is 5.64. The minimum absolute atomic E-state index is 0.196. The summed E-state index contributed by atoms with van der Waals surface area (Å²) in [4.78, 5) is 13.3. The van der Waals surface area contributed by atoms with Crippen LogP contribution in [0, 0.1) is 20.8 Å². The third-order valence-electron chi connectivity index (χ3n) is 3.97. The van der Waals surface area contributed by atoms with Gasteiger partial charge in [-0.15, -0.1) is 0 Å². The lowest BCUT2D eigenvalue weighted by Gasteiger charge is -2.33. The summed E-state index contributed by atoms with van der Waals surface area (Å²) in [7, 11) is 0. The Morgan fingerprint density at radius 1 is 1.16 bits per heavy atom. The van der Waals surface area contributed by atoms with Crippen LogP contribution in [0.1, 0.15) is 36.5 Å². The molecule has 1 aromatic rings. The van der Waals surface area contributed by atoms with Crippen LogP contribution < -0.4 is 5.32 Å². The van der Waals surface area contributed by atoms with E-state index in [2.05, 4.69) is 38.2 Å². The third-order valence-corrected chi connectivity index (χ3v) is 3.97. The van der Waals surface area contributed by atoms with E-state index in [1.54, 1.807) is 6.92 Å². The minimum Gasteiger partial charge on any atom is -0.382 e. The summed E-state index contributed by atoms with van der Waals surface area (Å²) < 4.78 is 0. The molecule has 1 N–H and O–H groups in total. The Kier molecular flexibility index (Phi) is 4.13. The van der Waals surface area contributed by atoms with Crippen molar-refractivity contribution < 1.29 is 4.79 Å². The Morgan fingerprint density at radius 2 is 1.68 bits per heavy atom. The molecule has 0 spiro atoms. The molecule has 0 bridgehead atoms. The molecular formula is C16H24N2O. The molecule has 0 radical (unpaired) electrons. The van der Waals surface area contributed by atoms with Gasteiger partial charge in [-0.1, -0.05) is 17.7 Å². The van der Waals surface area contributed by atoms with E-state index in [-0.39, 0.29) is 5.91 Å². The topological polar surface area (TPSA) is 32.3 Å². The normalized spacial score (nSPS) is 16.5. The number of nitrogens with zero attached hydrogens (tertiary/aromatic N) is 1. The number of rotatable bonds is 2. The molecule has 0 unspecified atom stereocenters. The molecule has 1 amide bonds. The fourth-order valence-electron chi connectivity index (χ4n) is 2.95. The molecule has 104 valence electrons. The van der Waals surface area contributed by atoms with Crippen molar-refractivity contribution in [1.82, 2.24) is 4.90 Å². The number of anilines is 1. The first-order valence-corrected chi connectivity index (χ1v) is 7.07. The summed E-state index contributed by atoms with van der Waals surface area (Å²) in [5.41, 5.74) is 5.21. The summed E-state index contributed by atoms with van der Waals surface area (Å²) >= 11 is 0. The number of hydrogen-bond acceptors (Lipinski definition) is 2. The van der Waals surface area contributed by atoms with E-state index in [9.17, 15) is 4.79 Å². The molecule has 0 saturated carbocycles. The van der Waals surface area contributed by atoms with Crippen LogP contribution in [0.25, 0.3) is 0 Å². The van der Waals surface area contributed by atoms with Crippen molar-refractivity contribution >= 4 is 11.6 Å². The third kappa shape index (κ3) is 3.28. The van der Waals surface area contributed by atoms with E-state index in [0.717, 1.165) is 25.9 Å². The van der Waals surface area contributed by atoms with Crippen LogP contribution in [0.15, 0.2) is 12.1 Å². The molecule has 1 fully saturated rings. The predicted molar refractivity (Wildman–Crippen MR) is 79.6 cm³/mol. The summed E-state index contributed by atoms with van der Waals surface area (Å²) in [6.07, 6.45) is 2.07. The molecule has 1 aliphatic rings. The van der Waals surface area contributed by atoms with Crippen LogP contribution in [0.4, 0.5) is 5.69 Å². The van der Waals surface area contributed by atoms with Crippen molar-refractivity contribution in [3.63, 3.8) is 0 Å². The Morgan fingerprint density at radius 3 is 2.16 bits per heavy atom. The van der Waals surface area contributed by atoms with Gasteiger partial charge in [0, 0.05) is 31.7 Å². The van der Waals surface area contributed by atoms with Crippen LogP contribution in [-0.4, -0.2) is 29.9 Å². The first-order valence-electron chi connectivity index (χ1n) is 7.07. The number of carbonyl (C=O) groups excluding carboxylic acids is 1. The fraction of sp³-hybridized carbons (Fsp3) is 0.562. The zero-order valence-electron chi connectivity index (χ0n) is 12.4. The number of carbonyl (C=O) groups is 1. The first kappa shape index (κ1) is 13.9. The molecule has 0 aromatic heterocycles. The van der Waals surface area contributed by atoms with E-state index in [0.29, 0.717) is 6.04 Å². The van der Waals surface area contributed by atoms with Crippen molar-refractivity contribution in [1.29, 1.82) is 0 Å². The standard InChI is InChI=1S/C16H24N2O/c1-11-9-12(2)16(13(3)10-11)17-15-5-7-18(8-6-15)14(4)19/h9-10,15,17H,5-8H2,1-4H3. The van der Waals surface area contributed by atoms with Gasteiger partial charge < -0.3 is 10.2 Å². The average Bonchev–Trinajstić information content (AvgIpc) is 2.34. The van der Waals surface area contributed by atoms with E-state index < -0.39 is 0 Å². The number of benzene rings is 1. The molecule has 3 heteroatoms. The molecule has 0 aliphatic carbocycles. The van der Waals surface area contributed by atoms with Gasteiger partial charge in [0.1, 0.15) is 0 Å². The second-order valence-electron chi connectivity index (χ2n) is 5.70. The maximum atomic E-state index is 11.3. The molecule has 0 atom stereocenters. The van der Waals surface area contributed by atoms with E-state index >= 15 is 0 Å². The van der Waals surface area contributed by atoms with Gasteiger partial charge in [0.05, 0.1) is 0 Å². The van der Waals surface area contributed by atoms with Crippen LogP contribution in [-0.2, 0) is 4.79 Å². The Bertz CT molecular complexity index is 451. The van der Waals surface area contributed by atoms with Crippen molar-refractivity contribution in [3.05, 3.63) is 28.8 Å². The smallest absolute Gasteiger partial charge is 0.219 e. The maximum absolute atomic E-state index is 11.3. The lowest BCUT2D eigenvalue weighted by molar-refractivity contribution is -0.129. The highest BCUT2D eigenvalue weighted by molar-refractivity contribution is 5.73. The zero-order valence-corrected chi connectivity index (χ0v) is 12.4. The zero-order chi connectivity index (χ0) is 14.0. The van der Waals surface area contributed by atoms with Crippen molar-refractivity contribution in [2.75, 3.05) is 18.4 Å². The van der Waals surface area contributed by atoms with Gasteiger partial charge in [-0.05, 0) is 44.7 Å². The molecule has 3 nitrogen and oxygen atoms in total. The quantitative estimate of drug-likeness (QED) is 0.886. The van der Waals surface area contributed by atoms with Gasteiger partial charge in [0.15, 0.2) is 0 Å². The van der Waals surface area contributed by atoms with Gasteiger partial charge in [-0.25, -0.2) is 0 Å². The number of likely N-dealkylation sites (tertiary alicyclic amines) is 1. The largest absolute Gasteiger partial charge is 0.382 e. The molecule has 19 heavy (non-hydrogen) atoms. The molecule has 1 saturated heterocycles. The van der Waals surface area contributed by atoms with E-state index in [1.165, 1.54) is 22.4 Å². The van der Waals surface area contributed by atoms with Gasteiger partial charge in [-0.3, -0.25) is 4.79 Å². The highest BCUT2D eigenvalue weighted by Crippen LogP contribution is 2.25. The average molecular weight is 260 g/mol. The summed E-state index contributed by atoms with van der Waals surface area (Å²) in [5.74, 6) is 0.196. The van der Waals surface area contributed by atoms with Gasteiger partial charge in [0.2, 0.25) is 5.91 Å². The number of aryl methyl sites for hydroxylation is 3. The van der Waals surface area contributed by atoms with Crippen LogP contribution >= 0.6 is 0 Å². The van der Waals surface area contributed by atoms with Gasteiger partial charge in [-0.2, -0.15) is 0 Å². The van der Waals surface area contributed by atoms with Crippen LogP contribution in [0.3, 0.4) is 0 Å². The summed E-state index contributed by atoms with van der Waals surface area (Å²) in [6.45, 7) is 9.85. The van der Waals surface area contributed by atoms with Crippen LogP contribution in [0.2, 0.25) is 0 Å². The van der Waals surface area contributed by atoms with E-state index in [1.807, 2.05) is 4.90 Å². The molecule has 1 heterocycles. The highest BCUT2D eigenvalue weighted by atomic mass is 16.2.